The number of fused-ring (bicyclic) bond motifs is 1. The van der Waals surface area contributed by atoms with E-state index in [1.807, 2.05) is 43.3 Å². The van der Waals surface area contributed by atoms with Crippen LogP contribution in [0.3, 0.4) is 0 Å². The molecule has 0 amide bonds. The molecule has 0 bridgehead atoms. The number of rotatable bonds is 6. The smallest absolute Gasteiger partial charge is 0.238 e. The second-order valence-electron chi connectivity index (χ2n) is 8.47. The largest absolute Gasteiger partial charge is 0.454 e. The van der Waals surface area contributed by atoms with Crippen molar-refractivity contribution < 1.29 is 24.1 Å². The van der Waals surface area contributed by atoms with E-state index in [0.717, 1.165) is 46.4 Å². The van der Waals surface area contributed by atoms with Crippen molar-refractivity contribution in [1.82, 2.24) is 0 Å². The number of carbonyl (C=O) groups excluding carboxylic acids is 1. The number of ketones is 1. The number of benzene rings is 3. The maximum atomic E-state index is 13.3. The number of hydrogen-bond acceptors (Lipinski definition) is 5. The number of aryl methyl sites for hydroxylation is 1. The van der Waals surface area contributed by atoms with Gasteiger partial charge in [0.2, 0.25) is 16.8 Å². The van der Waals surface area contributed by atoms with Crippen molar-refractivity contribution in [3.63, 3.8) is 0 Å². The zero-order valence-electron chi connectivity index (χ0n) is 17.6. The van der Waals surface area contributed by atoms with Gasteiger partial charge in [-0.15, -0.1) is 0 Å². The van der Waals surface area contributed by atoms with Crippen LogP contribution in [0.1, 0.15) is 31.0 Å². The molecule has 1 heterocycles. The summed E-state index contributed by atoms with van der Waals surface area (Å²) in [5.41, 5.74) is 4.42. The molecular formula is C25H25NO5S. The number of nitrogens with two attached hydrogens (primary N) is 1. The van der Waals surface area contributed by atoms with E-state index in [1.165, 1.54) is 12.1 Å². The van der Waals surface area contributed by atoms with Crippen molar-refractivity contribution in [3.8, 4) is 22.6 Å². The summed E-state index contributed by atoms with van der Waals surface area (Å²) in [6.07, 6.45) is 2.05. The van der Waals surface area contributed by atoms with Crippen molar-refractivity contribution in [3.05, 3.63) is 77.4 Å². The molecule has 0 atom stereocenters. The quantitative estimate of drug-likeness (QED) is 0.608. The molecule has 1 fully saturated rings. The molecule has 0 unspecified atom stereocenters. The Balaban J connectivity index is 0.00000259. The number of carbonyl (C=O) groups is 1. The topological polar surface area (TPSA) is 95.7 Å². The molecule has 166 valence electrons. The minimum atomic E-state index is -3.72. The van der Waals surface area contributed by atoms with Crippen LogP contribution in [0.4, 0.5) is 0 Å². The molecule has 0 saturated heterocycles. The summed E-state index contributed by atoms with van der Waals surface area (Å²) >= 11 is 0. The first-order valence-corrected chi connectivity index (χ1v) is 12.0. The molecule has 1 saturated carbocycles. The van der Waals surface area contributed by atoms with Gasteiger partial charge >= 0.3 is 0 Å². The average molecular weight is 452 g/mol. The Hall–Kier alpha value is -3.16. The highest BCUT2D eigenvalue weighted by Crippen LogP contribution is 2.51. The second-order valence-corrected chi connectivity index (χ2v) is 10.0. The first kappa shape index (κ1) is 20.7. The average Bonchev–Trinajstić information content (AvgIpc) is 3.44. The number of Topliss-reactive ketones (excluding diaryl/α,β-unsaturated/α-hetero) is 1. The van der Waals surface area contributed by atoms with Crippen LogP contribution in [-0.4, -0.2) is 21.0 Å². The maximum absolute atomic E-state index is 13.3. The lowest BCUT2D eigenvalue weighted by Crippen LogP contribution is -2.22. The van der Waals surface area contributed by atoms with Crippen LogP contribution in [-0.2, 0) is 26.7 Å². The SMILES string of the molecule is Cc1cc(CC(=O)C2(c3ccc4c(c3)OCO4)CC2)ccc1-c1ccc(S(N)(=O)=O)cc1.[HH]. The van der Waals surface area contributed by atoms with E-state index in [2.05, 4.69) is 0 Å². The summed E-state index contributed by atoms with van der Waals surface area (Å²) in [6, 6.07) is 18.2. The molecule has 2 N–H and O–H groups in total. The maximum Gasteiger partial charge on any atom is 0.238 e. The van der Waals surface area contributed by atoms with Crippen LogP contribution >= 0.6 is 0 Å². The predicted molar refractivity (Wildman–Crippen MR) is 122 cm³/mol. The van der Waals surface area contributed by atoms with Gasteiger partial charge in [-0.1, -0.05) is 36.4 Å². The molecule has 0 aromatic heterocycles. The molecule has 0 spiro atoms. The highest BCUT2D eigenvalue weighted by Gasteiger charge is 2.50. The van der Waals surface area contributed by atoms with Gasteiger partial charge in [0, 0.05) is 7.85 Å². The molecule has 3 aromatic rings. The van der Waals surface area contributed by atoms with Gasteiger partial charge < -0.3 is 9.47 Å². The zero-order valence-corrected chi connectivity index (χ0v) is 18.4. The van der Waals surface area contributed by atoms with Crippen molar-refractivity contribution in [2.45, 2.75) is 36.5 Å². The van der Waals surface area contributed by atoms with Crippen LogP contribution in [0.15, 0.2) is 65.6 Å². The van der Waals surface area contributed by atoms with Gasteiger partial charge in [0.15, 0.2) is 11.5 Å². The van der Waals surface area contributed by atoms with Gasteiger partial charge in [-0.3, -0.25) is 4.79 Å². The summed E-state index contributed by atoms with van der Waals surface area (Å²) < 4.78 is 33.8. The normalized spacial score (nSPS) is 16.1. The highest BCUT2D eigenvalue weighted by atomic mass is 32.2. The van der Waals surface area contributed by atoms with Gasteiger partial charge in [-0.05, 0) is 71.8 Å². The number of sulfonamides is 1. The second kappa shape index (κ2) is 7.46. The summed E-state index contributed by atoms with van der Waals surface area (Å²) in [6.45, 7) is 2.21. The molecule has 5 rings (SSSR count). The predicted octanol–water partition coefficient (Wildman–Crippen LogP) is 4.13. The molecular weight excluding hydrogens is 426 g/mol. The fourth-order valence-corrected chi connectivity index (χ4v) is 4.90. The highest BCUT2D eigenvalue weighted by molar-refractivity contribution is 7.89. The Morgan fingerprint density at radius 2 is 1.72 bits per heavy atom. The summed E-state index contributed by atoms with van der Waals surface area (Å²) in [7, 11) is -3.72. The minimum Gasteiger partial charge on any atom is -0.454 e. The molecule has 6 nitrogen and oxygen atoms in total. The molecule has 3 aromatic carbocycles. The summed E-state index contributed by atoms with van der Waals surface area (Å²) in [4.78, 5) is 13.3. The van der Waals surface area contributed by atoms with Crippen LogP contribution in [0.2, 0.25) is 0 Å². The fraction of sp³-hybridized carbons (Fsp3) is 0.240. The van der Waals surface area contributed by atoms with E-state index in [0.29, 0.717) is 12.2 Å². The van der Waals surface area contributed by atoms with E-state index < -0.39 is 15.4 Å². The van der Waals surface area contributed by atoms with Gasteiger partial charge in [0.1, 0.15) is 5.78 Å². The monoisotopic (exact) mass is 451 g/mol. The Kier molecular flexibility index (Phi) is 4.83. The third kappa shape index (κ3) is 3.67. The Morgan fingerprint density at radius 3 is 2.38 bits per heavy atom. The van der Waals surface area contributed by atoms with Crippen molar-refractivity contribution in [2.24, 2.45) is 5.14 Å². The van der Waals surface area contributed by atoms with Crippen LogP contribution < -0.4 is 14.6 Å². The number of hydrogen-bond donors (Lipinski definition) is 1. The first-order chi connectivity index (χ1) is 15.3. The Morgan fingerprint density at radius 1 is 1.00 bits per heavy atom. The summed E-state index contributed by atoms with van der Waals surface area (Å²) in [5, 5.41) is 5.18. The minimum absolute atomic E-state index is 0. The third-order valence-electron chi connectivity index (χ3n) is 6.36. The van der Waals surface area contributed by atoms with E-state index in [-0.39, 0.29) is 18.9 Å². The Bertz CT molecular complexity index is 1330. The lowest BCUT2D eigenvalue weighted by Gasteiger charge is -2.16. The van der Waals surface area contributed by atoms with Crippen molar-refractivity contribution in [1.29, 1.82) is 0 Å². The zero-order chi connectivity index (χ0) is 22.5. The lowest BCUT2D eigenvalue weighted by atomic mass is 9.87. The number of primary sulfonamides is 1. The van der Waals surface area contributed by atoms with Crippen molar-refractivity contribution in [2.75, 3.05) is 6.79 Å². The van der Waals surface area contributed by atoms with Crippen LogP contribution in [0.25, 0.3) is 11.1 Å². The molecule has 7 heteroatoms. The molecule has 32 heavy (non-hydrogen) atoms. The van der Waals surface area contributed by atoms with Crippen LogP contribution in [0.5, 0.6) is 11.5 Å². The van der Waals surface area contributed by atoms with E-state index in [1.54, 1.807) is 12.1 Å². The Labute approximate surface area is 188 Å². The summed E-state index contributed by atoms with van der Waals surface area (Å²) in [5.74, 6) is 1.64. The standard InChI is InChI=1S/C25H23NO5S.H2/c1-16-12-17(2-8-21(16)18-3-6-20(7-4-18)32(26,28)29)13-24(27)25(10-11-25)19-5-9-22-23(14-19)31-15-30-22;/h2-9,12,14H,10-11,13,15H2,1H3,(H2,26,28,29);1H. The molecule has 0 radical (unpaired) electrons. The third-order valence-corrected chi connectivity index (χ3v) is 7.29. The molecule has 1 aliphatic carbocycles. The van der Waals surface area contributed by atoms with E-state index >= 15 is 0 Å². The van der Waals surface area contributed by atoms with Gasteiger partial charge in [-0.25, -0.2) is 13.6 Å². The van der Waals surface area contributed by atoms with Crippen molar-refractivity contribution >= 4 is 15.8 Å². The van der Waals surface area contributed by atoms with E-state index in [9.17, 15) is 13.2 Å². The lowest BCUT2D eigenvalue weighted by molar-refractivity contribution is -0.120. The van der Waals surface area contributed by atoms with Crippen LogP contribution in [0, 0.1) is 6.92 Å². The molecule has 2 aliphatic rings. The number of ether oxygens (including phenoxy) is 2. The first-order valence-electron chi connectivity index (χ1n) is 10.4. The van der Waals surface area contributed by atoms with Gasteiger partial charge in [-0.2, -0.15) is 0 Å². The van der Waals surface area contributed by atoms with Gasteiger partial charge in [0.25, 0.3) is 0 Å². The van der Waals surface area contributed by atoms with E-state index in [4.69, 9.17) is 14.6 Å². The molecule has 1 aliphatic heterocycles. The van der Waals surface area contributed by atoms with Gasteiger partial charge in [0.05, 0.1) is 10.3 Å². The fourth-order valence-electron chi connectivity index (χ4n) is 4.39.